The lowest BCUT2D eigenvalue weighted by Gasteiger charge is -2.11. The molecule has 0 bridgehead atoms. The van der Waals surface area contributed by atoms with Gasteiger partial charge in [-0.05, 0) is 37.6 Å². The molecule has 0 amide bonds. The van der Waals surface area contributed by atoms with Crippen molar-refractivity contribution in [3.63, 3.8) is 0 Å². The fourth-order valence-corrected chi connectivity index (χ4v) is 1.83. The van der Waals surface area contributed by atoms with Crippen molar-refractivity contribution in [3.05, 3.63) is 34.9 Å². The third kappa shape index (κ3) is 2.89. The van der Waals surface area contributed by atoms with Gasteiger partial charge in [0.15, 0.2) is 0 Å². The number of hydrogen-bond donors (Lipinski definition) is 1. The first-order valence-electron chi connectivity index (χ1n) is 5.77. The Hall–Kier alpha value is -1.56. The zero-order valence-corrected chi connectivity index (χ0v) is 10.6. The number of benzene rings is 1. The van der Waals surface area contributed by atoms with Crippen LogP contribution in [0, 0.1) is 0 Å². The van der Waals surface area contributed by atoms with Crippen LogP contribution < -0.4 is 0 Å². The van der Waals surface area contributed by atoms with Crippen molar-refractivity contribution in [1.29, 1.82) is 0 Å². The van der Waals surface area contributed by atoms with E-state index in [1.807, 2.05) is 13.8 Å². The molecular formula is C13H14F3NO2. The third-order valence-corrected chi connectivity index (χ3v) is 2.80. The molecule has 2 rings (SSSR count). The predicted molar refractivity (Wildman–Crippen MR) is 63.9 cm³/mol. The fourth-order valence-electron chi connectivity index (χ4n) is 1.83. The molecule has 6 heteroatoms. The second-order valence-electron chi connectivity index (χ2n) is 5.05. The predicted octanol–water partition coefficient (Wildman–Crippen LogP) is 2.75. The Morgan fingerprint density at radius 3 is 2.53 bits per heavy atom. The normalized spacial score (nSPS) is 18.1. The summed E-state index contributed by atoms with van der Waals surface area (Å²) in [6, 6.07) is 3.17. The van der Waals surface area contributed by atoms with Gasteiger partial charge in [0.05, 0.1) is 17.7 Å². The van der Waals surface area contributed by atoms with Crippen LogP contribution in [0.15, 0.2) is 23.2 Å². The SMILES string of the molecule is CC1(C)COC(c2ccc(C(F)(F)F)cc2CO)=N1. The summed E-state index contributed by atoms with van der Waals surface area (Å²) in [6.45, 7) is 3.60. The second-order valence-corrected chi connectivity index (χ2v) is 5.05. The minimum atomic E-state index is -4.43. The Balaban J connectivity index is 2.43. The fraction of sp³-hybridized carbons (Fsp3) is 0.462. The maximum atomic E-state index is 12.6. The summed E-state index contributed by atoms with van der Waals surface area (Å²) in [5.41, 5.74) is -0.629. The summed E-state index contributed by atoms with van der Waals surface area (Å²) in [4.78, 5) is 4.29. The van der Waals surface area contributed by atoms with Gasteiger partial charge in [-0.2, -0.15) is 13.2 Å². The molecule has 1 aromatic rings. The van der Waals surface area contributed by atoms with E-state index in [2.05, 4.69) is 4.99 Å². The van der Waals surface area contributed by atoms with E-state index >= 15 is 0 Å². The molecule has 0 atom stereocenters. The summed E-state index contributed by atoms with van der Waals surface area (Å²) < 4.78 is 43.2. The van der Waals surface area contributed by atoms with E-state index < -0.39 is 23.9 Å². The third-order valence-electron chi connectivity index (χ3n) is 2.80. The van der Waals surface area contributed by atoms with Crippen molar-refractivity contribution < 1.29 is 23.0 Å². The van der Waals surface area contributed by atoms with E-state index in [4.69, 9.17) is 4.74 Å². The van der Waals surface area contributed by atoms with E-state index in [0.29, 0.717) is 12.2 Å². The van der Waals surface area contributed by atoms with Gasteiger partial charge in [0.1, 0.15) is 6.61 Å². The van der Waals surface area contributed by atoms with E-state index in [0.717, 1.165) is 12.1 Å². The van der Waals surface area contributed by atoms with Gasteiger partial charge in [-0.1, -0.05) is 0 Å². The Bertz CT molecular complexity index is 521. The minimum Gasteiger partial charge on any atom is -0.475 e. The Morgan fingerprint density at radius 1 is 1.37 bits per heavy atom. The number of alkyl halides is 3. The molecule has 0 saturated heterocycles. The molecule has 1 N–H and O–H groups in total. The number of halogens is 3. The van der Waals surface area contributed by atoms with Crippen molar-refractivity contribution in [2.45, 2.75) is 32.2 Å². The molecule has 0 saturated carbocycles. The molecule has 0 radical (unpaired) electrons. The van der Waals surface area contributed by atoms with Crippen LogP contribution in [0.4, 0.5) is 13.2 Å². The Morgan fingerprint density at radius 2 is 2.05 bits per heavy atom. The zero-order chi connectivity index (χ0) is 14.3. The van der Waals surface area contributed by atoms with Crippen molar-refractivity contribution in [3.8, 4) is 0 Å². The number of hydrogen-bond acceptors (Lipinski definition) is 3. The molecule has 1 aromatic carbocycles. The minimum absolute atomic E-state index is 0.159. The van der Waals surface area contributed by atoms with Crippen LogP contribution in [0.25, 0.3) is 0 Å². The largest absolute Gasteiger partial charge is 0.475 e. The number of nitrogens with zero attached hydrogens (tertiary/aromatic N) is 1. The molecule has 1 aliphatic heterocycles. The number of aliphatic hydroxyl groups is 1. The summed E-state index contributed by atoms with van der Waals surface area (Å²) in [5.74, 6) is 0.280. The van der Waals surface area contributed by atoms with Crippen LogP contribution in [0.5, 0.6) is 0 Å². The quantitative estimate of drug-likeness (QED) is 0.900. The first-order chi connectivity index (χ1) is 8.73. The van der Waals surface area contributed by atoms with Gasteiger partial charge in [0.25, 0.3) is 0 Å². The van der Waals surface area contributed by atoms with E-state index in [1.165, 1.54) is 6.07 Å². The van der Waals surface area contributed by atoms with Crippen LogP contribution in [-0.2, 0) is 17.5 Å². The van der Waals surface area contributed by atoms with Crippen LogP contribution >= 0.6 is 0 Å². The van der Waals surface area contributed by atoms with Crippen molar-refractivity contribution in [2.24, 2.45) is 4.99 Å². The Labute approximate surface area is 108 Å². The molecule has 1 heterocycles. The molecule has 0 aromatic heterocycles. The zero-order valence-electron chi connectivity index (χ0n) is 10.6. The standard InChI is InChI=1S/C13H14F3NO2/c1-12(2)7-19-11(17-12)10-4-3-9(13(14,15)16)5-8(10)6-18/h3-5,18H,6-7H2,1-2H3. The van der Waals surface area contributed by atoms with Crippen LogP contribution in [0.3, 0.4) is 0 Å². The lowest BCUT2D eigenvalue weighted by Crippen LogP contribution is -2.17. The Kier molecular flexibility index (Phi) is 3.30. The van der Waals surface area contributed by atoms with E-state index in [9.17, 15) is 18.3 Å². The maximum absolute atomic E-state index is 12.6. The van der Waals surface area contributed by atoms with E-state index in [-0.39, 0.29) is 11.5 Å². The highest BCUT2D eigenvalue weighted by molar-refractivity contribution is 5.96. The lowest BCUT2D eigenvalue weighted by molar-refractivity contribution is -0.137. The molecule has 1 aliphatic rings. The summed E-state index contributed by atoms with van der Waals surface area (Å²) in [7, 11) is 0. The topological polar surface area (TPSA) is 41.8 Å². The summed E-state index contributed by atoms with van der Waals surface area (Å²) in [6.07, 6.45) is -4.43. The molecular weight excluding hydrogens is 259 g/mol. The summed E-state index contributed by atoms with van der Waals surface area (Å²) in [5, 5.41) is 9.22. The first kappa shape index (κ1) is 13.9. The lowest BCUT2D eigenvalue weighted by atomic mass is 10.0. The number of aliphatic hydroxyl groups excluding tert-OH is 1. The molecule has 0 aliphatic carbocycles. The molecule has 0 unspecified atom stereocenters. The monoisotopic (exact) mass is 273 g/mol. The van der Waals surface area contributed by atoms with Crippen molar-refractivity contribution in [1.82, 2.24) is 0 Å². The maximum Gasteiger partial charge on any atom is 0.416 e. The molecule has 19 heavy (non-hydrogen) atoms. The van der Waals surface area contributed by atoms with E-state index in [1.54, 1.807) is 0 Å². The van der Waals surface area contributed by atoms with Crippen LogP contribution in [0.1, 0.15) is 30.5 Å². The second kappa shape index (κ2) is 4.52. The van der Waals surface area contributed by atoms with Crippen LogP contribution in [-0.4, -0.2) is 23.2 Å². The van der Waals surface area contributed by atoms with Crippen molar-refractivity contribution >= 4 is 5.90 Å². The molecule has 0 spiro atoms. The number of aliphatic imine (C=N–C) groups is 1. The highest BCUT2D eigenvalue weighted by atomic mass is 19.4. The molecule has 3 nitrogen and oxygen atoms in total. The molecule has 104 valence electrons. The number of ether oxygens (including phenoxy) is 1. The highest BCUT2D eigenvalue weighted by Gasteiger charge is 2.33. The van der Waals surface area contributed by atoms with Gasteiger partial charge in [-0.15, -0.1) is 0 Å². The van der Waals surface area contributed by atoms with Gasteiger partial charge in [0, 0.05) is 5.56 Å². The highest BCUT2D eigenvalue weighted by Crippen LogP contribution is 2.31. The average molecular weight is 273 g/mol. The van der Waals surface area contributed by atoms with Gasteiger partial charge in [-0.3, -0.25) is 0 Å². The van der Waals surface area contributed by atoms with Gasteiger partial charge < -0.3 is 9.84 Å². The number of rotatable bonds is 2. The van der Waals surface area contributed by atoms with Gasteiger partial charge in [0.2, 0.25) is 5.90 Å². The average Bonchev–Trinajstić information content (AvgIpc) is 2.67. The smallest absolute Gasteiger partial charge is 0.416 e. The molecule has 0 fully saturated rings. The van der Waals surface area contributed by atoms with Gasteiger partial charge in [-0.25, -0.2) is 4.99 Å². The first-order valence-corrected chi connectivity index (χ1v) is 5.77. The summed E-state index contributed by atoms with van der Waals surface area (Å²) >= 11 is 0. The van der Waals surface area contributed by atoms with Crippen molar-refractivity contribution in [2.75, 3.05) is 6.61 Å². The van der Waals surface area contributed by atoms with Crippen LogP contribution in [0.2, 0.25) is 0 Å². The van der Waals surface area contributed by atoms with Gasteiger partial charge >= 0.3 is 6.18 Å².